The Hall–Kier alpha value is -0.810. The van der Waals surface area contributed by atoms with Crippen LogP contribution in [-0.2, 0) is 4.74 Å². The summed E-state index contributed by atoms with van der Waals surface area (Å²) < 4.78 is 5.52. The highest BCUT2D eigenvalue weighted by atomic mass is 16.5. The zero-order valence-corrected chi connectivity index (χ0v) is 9.66. The molecule has 1 aliphatic rings. The van der Waals surface area contributed by atoms with Crippen LogP contribution in [0.1, 0.15) is 33.6 Å². The van der Waals surface area contributed by atoms with Gasteiger partial charge in [-0.3, -0.25) is 5.32 Å². The fourth-order valence-corrected chi connectivity index (χ4v) is 1.88. The second-order valence-corrected chi connectivity index (χ2v) is 4.31. The lowest BCUT2D eigenvalue weighted by molar-refractivity contribution is 0.0866. The third-order valence-electron chi connectivity index (χ3n) is 3.27. The molecule has 0 spiro atoms. The molecule has 1 fully saturated rings. The normalized spacial score (nSPS) is 34.3. The molecule has 3 unspecified atom stereocenters. The van der Waals surface area contributed by atoms with Crippen molar-refractivity contribution < 1.29 is 9.94 Å². The summed E-state index contributed by atoms with van der Waals surface area (Å²) in [6, 6.07) is -0.0934. The van der Waals surface area contributed by atoms with Crippen molar-refractivity contribution in [2.75, 3.05) is 6.61 Å². The van der Waals surface area contributed by atoms with E-state index in [0.29, 0.717) is 0 Å². The first-order valence-corrected chi connectivity index (χ1v) is 5.40. The lowest BCUT2D eigenvalue weighted by Crippen LogP contribution is -2.56. The minimum absolute atomic E-state index is 0.0873. The second-order valence-electron chi connectivity index (χ2n) is 4.31. The number of amidine groups is 1. The zero-order chi connectivity index (χ0) is 11.5. The molecule has 0 saturated carbocycles. The summed E-state index contributed by atoms with van der Waals surface area (Å²) >= 11 is 0. The highest BCUT2D eigenvalue weighted by Crippen LogP contribution is 2.25. The Labute approximate surface area is 90.7 Å². The standard InChI is InChI=1S/C10H21N3O2/c1-4-8(9(11)13-14)12-10(3)5-6-15-7(10)2/h7-8,12,14H,4-6H2,1-3H3,(H2,11,13). The topological polar surface area (TPSA) is 79.9 Å². The molecule has 1 saturated heterocycles. The largest absolute Gasteiger partial charge is 0.409 e. The van der Waals surface area contributed by atoms with Crippen molar-refractivity contribution in [3.05, 3.63) is 0 Å². The van der Waals surface area contributed by atoms with Crippen molar-refractivity contribution in [1.29, 1.82) is 0 Å². The molecule has 4 N–H and O–H groups in total. The number of nitrogens with one attached hydrogen (secondary N) is 1. The molecule has 88 valence electrons. The van der Waals surface area contributed by atoms with Gasteiger partial charge in [-0.15, -0.1) is 0 Å². The first kappa shape index (κ1) is 12.3. The van der Waals surface area contributed by atoms with Gasteiger partial charge in [-0.1, -0.05) is 12.1 Å². The Morgan fingerprint density at radius 1 is 1.80 bits per heavy atom. The molecule has 1 rings (SSSR count). The quantitative estimate of drug-likeness (QED) is 0.279. The fraction of sp³-hybridized carbons (Fsp3) is 0.900. The van der Waals surface area contributed by atoms with Crippen LogP contribution in [0.3, 0.4) is 0 Å². The average Bonchev–Trinajstić information content (AvgIpc) is 2.55. The lowest BCUT2D eigenvalue weighted by Gasteiger charge is -2.33. The highest BCUT2D eigenvalue weighted by Gasteiger charge is 2.38. The number of nitrogens with zero attached hydrogens (tertiary/aromatic N) is 1. The molecule has 0 aromatic heterocycles. The molecule has 0 amide bonds. The number of hydrogen-bond acceptors (Lipinski definition) is 4. The van der Waals surface area contributed by atoms with Crippen molar-refractivity contribution in [2.45, 2.75) is 51.3 Å². The first-order valence-electron chi connectivity index (χ1n) is 5.40. The predicted molar refractivity (Wildman–Crippen MR) is 59.1 cm³/mol. The average molecular weight is 215 g/mol. The number of rotatable bonds is 4. The SMILES string of the molecule is CCC(NC1(C)CCOC1C)C(N)=NO. The van der Waals surface area contributed by atoms with Crippen molar-refractivity contribution >= 4 is 5.84 Å². The Morgan fingerprint density at radius 3 is 2.87 bits per heavy atom. The lowest BCUT2D eigenvalue weighted by atomic mass is 9.93. The monoisotopic (exact) mass is 215 g/mol. The number of oxime groups is 1. The van der Waals surface area contributed by atoms with Gasteiger partial charge < -0.3 is 15.7 Å². The molecule has 0 aromatic rings. The summed E-state index contributed by atoms with van der Waals surface area (Å²) in [6.07, 6.45) is 1.89. The molecule has 5 nitrogen and oxygen atoms in total. The van der Waals surface area contributed by atoms with Crippen LogP contribution >= 0.6 is 0 Å². The third kappa shape index (κ3) is 2.60. The van der Waals surface area contributed by atoms with E-state index in [2.05, 4.69) is 17.4 Å². The maximum atomic E-state index is 8.65. The van der Waals surface area contributed by atoms with E-state index in [-0.39, 0.29) is 23.5 Å². The molecule has 15 heavy (non-hydrogen) atoms. The van der Waals surface area contributed by atoms with Gasteiger partial charge in [0.05, 0.1) is 12.1 Å². The van der Waals surface area contributed by atoms with E-state index in [1.54, 1.807) is 0 Å². The smallest absolute Gasteiger partial charge is 0.156 e. The van der Waals surface area contributed by atoms with E-state index >= 15 is 0 Å². The third-order valence-corrected chi connectivity index (χ3v) is 3.27. The number of ether oxygens (including phenoxy) is 1. The summed E-state index contributed by atoms with van der Waals surface area (Å²) in [6.45, 7) is 6.91. The molecule has 1 heterocycles. The molecule has 0 aromatic carbocycles. The van der Waals surface area contributed by atoms with Gasteiger partial charge >= 0.3 is 0 Å². The van der Waals surface area contributed by atoms with Gasteiger partial charge in [0, 0.05) is 12.1 Å². The van der Waals surface area contributed by atoms with Crippen LogP contribution in [0, 0.1) is 0 Å². The summed E-state index contributed by atoms with van der Waals surface area (Å²) in [5.41, 5.74) is 5.52. The van der Waals surface area contributed by atoms with E-state index in [4.69, 9.17) is 15.7 Å². The maximum Gasteiger partial charge on any atom is 0.156 e. The summed E-state index contributed by atoms with van der Waals surface area (Å²) in [7, 11) is 0. The molecule has 5 heteroatoms. The second kappa shape index (κ2) is 4.81. The van der Waals surface area contributed by atoms with E-state index in [9.17, 15) is 0 Å². The van der Waals surface area contributed by atoms with Crippen molar-refractivity contribution in [3.63, 3.8) is 0 Å². The summed E-state index contributed by atoms with van der Waals surface area (Å²) in [4.78, 5) is 0. The van der Waals surface area contributed by atoms with Crippen LogP contribution in [0.4, 0.5) is 0 Å². The van der Waals surface area contributed by atoms with Crippen LogP contribution in [0.15, 0.2) is 5.16 Å². The fourth-order valence-electron chi connectivity index (χ4n) is 1.88. The van der Waals surface area contributed by atoms with Gasteiger partial charge in [-0.25, -0.2) is 0 Å². The highest BCUT2D eigenvalue weighted by molar-refractivity contribution is 5.85. The molecule has 0 bridgehead atoms. The van der Waals surface area contributed by atoms with Crippen LogP contribution in [0.5, 0.6) is 0 Å². The Kier molecular flexibility index (Phi) is 3.93. The van der Waals surface area contributed by atoms with E-state index in [1.807, 2.05) is 13.8 Å². The summed E-state index contributed by atoms with van der Waals surface area (Å²) in [5, 5.41) is 15.1. The van der Waals surface area contributed by atoms with E-state index in [0.717, 1.165) is 19.4 Å². The van der Waals surface area contributed by atoms with Gasteiger partial charge in [0.15, 0.2) is 5.84 Å². The number of hydrogen-bond donors (Lipinski definition) is 3. The van der Waals surface area contributed by atoms with Crippen LogP contribution < -0.4 is 11.1 Å². The van der Waals surface area contributed by atoms with Crippen LogP contribution in [0.25, 0.3) is 0 Å². The zero-order valence-electron chi connectivity index (χ0n) is 9.66. The van der Waals surface area contributed by atoms with Crippen molar-refractivity contribution in [3.8, 4) is 0 Å². The Balaban J connectivity index is 2.66. The molecule has 3 atom stereocenters. The van der Waals surface area contributed by atoms with Crippen molar-refractivity contribution in [1.82, 2.24) is 5.32 Å². The maximum absolute atomic E-state index is 8.65. The molecule has 1 aliphatic heterocycles. The molecule has 0 aliphatic carbocycles. The number of nitrogens with two attached hydrogens (primary N) is 1. The van der Waals surface area contributed by atoms with Gasteiger partial charge in [0.2, 0.25) is 0 Å². The predicted octanol–water partition coefficient (Wildman–Crippen LogP) is 0.668. The van der Waals surface area contributed by atoms with Crippen LogP contribution in [-0.4, -0.2) is 35.3 Å². The first-order chi connectivity index (χ1) is 7.03. The van der Waals surface area contributed by atoms with Gasteiger partial charge in [-0.2, -0.15) is 0 Å². The Bertz CT molecular complexity index is 245. The molecule has 0 radical (unpaired) electrons. The van der Waals surface area contributed by atoms with Crippen LogP contribution in [0.2, 0.25) is 0 Å². The Morgan fingerprint density at radius 2 is 2.47 bits per heavy atom. The van der Waals surface area contributed by atoms with E-state index < -0.39 is 0 Å². The molecular formula is C10H21N3O2. The molecular weight excluding hydrogens is 194 g/mol. The van der Waals surface area contributed by atoms with Gasteiger partial charge in [0.25, 0.3) is 0 Å². The van der Waals surface area contributed by atoms with Gasteiger partial charge in [0.1, 0.15) is 0 Å². The minimum Gasteiger partial charge on any atom is -0.409 e. The van der Waals surface area contributed by atoms with E-state index in [1.165, 1.54) is 0 Å². The minimum atomic E-state index is -0.0934. The van der Waals surface area contributed by atoms with Gasteiger partial charge in [-0.05, 0) is 26.7 Å². The van der Waals surface area contributed by atoms with Crippen molar-refractivity contribution in [2.24, 2.45) is 10.9 Å². The summed E-state index contributed by atoms with van der Waals surface area (Å²) in [5.74, 6) is 0.234.